The number of nitrogens with one attached hydrogen (secondary N) is 1. The number of carbonyl (C=O) groups is 1. The summed E-state index contributed by atoms with van der Waals surface area (Å²) < 4.78 is 23.1. The van der Waals surface area contributed by atoms with Gasteiger partial charge in [-0.15, -0.1) is 0 Å². The number of nitrogen functional groups attached to an aromatic ring is 1. The highest BCUT2D eigenvalue weighted by atomic mass is 32.2. The van der Waals surface area contributed by atoms with Crippen LogP contribution in [0.2, 0.25) is 0 Å². The van der Waals surface area contributed by atoms with E-state index >= 15 is 0 Å². The summed E-state index contributed by atoms with van der Waals surface area (Å²) in [7, 11) is -3.01. The van der Waals surface area contributed by atoms with E-state index in [2.05, 4.69) is 5.32 Å². The van der Waals surface area contributed by atoms with Crippen LogP contribution in [0.4, 0.5) is 11.4 Å². The number of hydrogen-bond acceptors (Lipinski definition) is 5. The first-order valence-corrected chi connectivity index (χ1v) is 7.71. The highest BCUT2D eigenvalue weighted by Gasteiger charge is 2.38. The van der Waals surface area contributed by atoms with E-state index in [0.717, 1.165) is 0 Å². The van der Waals surface area contributed by atoms with Crippen LogP contribution in [0.5, 0.6) is 0 Å². The lowest BCUT2D eigenvalue weighted by Gasteiger charge is -2.26. The molecule has 1 aromatic carbocycles. The molecular weight excluding hydrogens is 266 g/mol. The molecule has 1 unspecified atom stereocenters. The molecule has 0 radical (unpaired) electrons. The summed E-state index contributed by atoms with van der Waals surface area (Å²) in [5.74, 6) is -0.334. The van der Waals surface area contributed by atoms with Gasteiger partial charge >= 0.3 is 0 Å². The zero-order valence-electron chi connectivity index (χ0n) is 10.6. The maximum absolute atomic E-state index is 11.6. The first-order valence-electron chi connectivity index (χ1n) is 5.89. The minimum atomic E-state index is -3.01. The van der Waals surface area contributed by atoms with Gasteiger partial charge < -0.3 is 16.8 Å². The molecule has 2 rings (SSSR count). The second kappa shape index (κ2) is 4.41. The number of hydrogen-bond donors (Lipinski definition) is 3. The predicted molar refractivity (Wildman–Crippen MR) is 74.7 cm³/mol. The third-order valence-electron chi connectivity index (χ3n) is 3.28. The lowest BCUT2D eigenvalue weighted by atomic mass is 10.0. The Morgan fingerprint density at radius 3 is 2.63 bits per heavy atom. The van der Waals surface area contributed by atoms with Crippen LogP contribution in [0.25, 0.3) is 0 Å². The van der Waals surface area contributed by atoms with Crippen molar-refractivity contribution in [3.63, 3.8) is 0 Å². The normalized spacial score (nSPS) is 25.1. The SMILES string of the molecule is CC1(Nc2cc(C(N)=O)ccc2N)CCS(=O)(=O)C1. The lowest BCUT2D eigenvalue weighted by Crippen LogP contribution is -2.36. The zero-order valence-corrected chi connectivity index (χ0v) is 11.5. The topological polar surface area (TPSA) is 115 Å². The van der Waals surface area contributed by atoms with Crippen molar-refractivity contribution in [3.05, 3.63) is 23.8 Å². The quantitative estimate of drug-likeness (QED) is 0.693. The Labute approximate surface area is 112 Å². The van der Waals surface area contributed by atoms with E-state index in [-0.39, 0.29) is 11.5 Å². The Kier molecular flexibility index (Phi) is 3.17. The zero-order chi connectivity index (χ0) is 14.3. The molecular formula is C12H17N3O3S. The number of carbonyl (C=O) groups excluding carboxylic acids is 1. The Morgan fingerprint density at radius 2 is 2.11 bits per heavy atom. The Balaban J connectivity index is 2.29. The van der Waals surface area contributed by atoms with Crippen molar-refractivity contribution in [3.8, 4) is 0 Å². The molecule has 104 valence electrons. The first kappa shape index (κ1) is 13.7. The molecule has 0 saturated carbocycles. The molecule has 0 bridgehead atoms. The van der Waals surface area contributed by atoms with E-state index in [1.165, 1.54) is 6.07 Å². The van der Waals surface area contributed by atoms with E-state index in [1.807, 2.05) is 6.92 Å². The number of anilines is 2. The maximum atomic E-state index is 11.6. The molecule has 0 aliphatic carbocycles. The largest absolute Gasteiger partial charge is 0.397 e. The molecule has 6 nitrogen and oxygen atoms in total. The molecule has 1 heterocycles. The summed E-state index contributed by atoms with van der Waals surface area (Å²) in [4.78, 5) is 11.1. The highest BCUT2D eigenvalue weighted by Crippen LogP contribution is 2.30. The minimum absolute atomic E-state index is 0.0558. The second-order valence-electron chi connectivity index (χ2n) is 5.19. The number of amides is 1. The molecule has 1 aliphatic heterocycles. The van der Waals surface area contributed by atoms with Crippen molar-refractivity contribution in [2.45, 2.75) is 18.9 Å². The van der Waals surface area contributed by atoms with Crippen molar-refractivity contribution in [1.82, 2.24) is 0 Å². The van der Waals surface area contributed by atoms with E-state index in [4.69, 9.17) is 11.5 Å². The van der Waals surface area contributed by atoms with Gasteiger partial charge in [-0.1, -0.05) is 0 Å². The van der Waals surface area contributed by atoms with Crippen LogP contribution in [0.1, 0.15) is 23.7 Å². The van der Waals surface area contributed by atoms with Crippen molar-refractivity contribution in [2.24, 2.45) is 5.73 Å². The number of benzene rings is 1. The van der Waals surface area contributed by atoms with Gasteiger partial charge in [-0.3, -0.25) is 4.79 Å². The summed E-state index contributed by atoms with van der Waals surface area (Å²) in [6, 6.07) is 4.67. The molecule has 1 fully saturated rings. The van der Waals surface area contributed by atoms with Crippen LogP contribution in [0.15, 0.2) is 18.2 Å². The predicted octanol–water partition coefficient (Wildman–Crippen LogP) is 0.357. The molecule has 1 aromatic rings. The molecule has 5 N–H and O–H groups in total. The summed E-state index contributed by atoms with van der Waals surface area (Å²) in [5.41, 5.74) is 11.8. The summed E-state index contributed by atoms with van der Waals surface area (Å²) in [5, 5.41) is 3.12. The Bertz CT molecular complexity index is 627. The average Bonchev–Trinajstić information content (AvgIpc) is 2.56. The Hall–Kier alpha value is -1.76. The van der Waals surface area contributed by atoms with Crippen LogP contribution in [-0.4, -0.2) is 31.4 Å². The van der Waals surface area contributed by atoms with Crippen LogP contribution >= 0.6 is 0 Å². The van der Waals surface area contributed by atoms with Crippen LogP contribution in [0, 0.1) is 0 Å². The fraction of sp³-hybridized carbons (Fsp3) is 0.417. The highest BCUT2D eigenvalue weighted by molar-refractivity contribution is 7.91. The standard InChI is InChI=1S/C12H17N3O3S/c1-12(4-5-19(17,18)7-12)15-10-6-8(11(14)16)2-3-9(10)13/h2-3,6,15H,4-5,7,13H2,1H3,(H2,14,16). The van der Waals surface area contributed by atoms with Gasteiger partial charge in [0.2, 0.25) is 5.91 Å². The van der Waals surface area contributed by atoms with E-state index < -0.39 is 21.3 Å². The number of nitrogens with two attached hydrogens (primary N) is 2. The van der Waals surface area contributed by atoms with Gasteiger partial charge in [0.15, 0.2) is 9.84 Å². The van der Waals surface area contributed by atoms with Crippen molar-refractivity contribution >= 4 is 27.1 Å². The van der Waals surface area contributed by atoms with E-state index in [9.17, 15) is 13.2 Å². The van der Waals surface area contributed by atoms with Gasteiger partial charge in [-0.2, -0.15) is 0 Å². The molecule has 7 heteroatoms. The lowest BCUT2D eigenvalue weighted by molar-refractivity contribution is 0.100. The molecule has 0 spiro atoms. The van der Waals surface area contributed by atoms with Crippen LogP contribution < -0.4 is 16.8 Å². The van der Waals surface area contributed by atoms with Crippen LogP contribution in [-0.2, 0) is 9.84 Å². The van der Waals surface area contributed by atoms with Gasteiger partial charge in [-0.25, -0.2) is 8.42 Å². The van der Waals surface area contributed by atoms with Crippen molar-refractivity contribution < 1.29 is 13.2 Å². The first-order chi connectivity index (χ1) is 8.71. The average molecular weight is 283 g/mol. The minimum Gasteiger partial charge on any atom is -0.397 e. The summed E-state index contributed by atoms with van der Waals surface area (Å²) in [6.45, 7) is 1.83. The summed E-state index contributed by atoms with van der Waals surface area (Å²) in [6.07, 6.45) is 0.509. The number of sulfone groups is 1. The fourth-order valence-electron chi connectivity index (χ4n) is 2.25. The number of rotatable bonds is 3. The number of primary amides is 1. The van der Waals surface area contributed by atoms with E-state index in [1.54, 1.807) is 12.1 Å². The molecule has 1 amide bonds. The van der Waals surface area contributed by atoms with Gasteiger partial charge in [0.1, 0.15) is 0 Å². The third kappa shape index (κ3) is 2.98. The van der Waals surface area contributed by atoms with Crippen molar-refractivity contribution in [1.29, 1.82) is 0 Å². The van der Waals surface area contributed by atoms with Gasteiger partial charge in [0.25, 0.3) is 0 Å². The Morgan fingerprint density at radius 1 is 1.42 bits per heavy atom. The maximum Gasteiger partial charge on any atom is 0.248 e. The van der Waals surface area contributed by atoms with E-state index in [0.29, 0.717) is 23.4 Å². The second-order valence-corrected chi connectivity index (χ2v) is 7.38. The van der Waals surface area contributed by atoms with Crippen molar-refractivity contribution in [2.75, 3.05) is 22.6 Å². The molecule has 1 aliphatic rings. The monoisotopic (exact) mass is 283 g/mol. The molecule has 1 atom stereocenters. The van der Waals surface area contributed by atoms with Gasteiger partial charge in [0, 0.05) is 11.1 Å². The molecule has 19 heavy (non-hydrogen) atoms. The fourth-order valence-corrected chi connectivity index (χ4v) is 4.35. The van der Waals surface area contributed by atoms with Crippen LogP contribution in [0.3, 0.4) is 0 Å². The molecule has 0 aromatic heterocycles. The third-order valence-corrected chi connectivity index (χ3v) is 5.18. The van der Waals surface area contributed by atoms with Gasteiger partial charge in [-0.05, 0) is 31.5 Å². The van der Waals surface area contributed by atoms with Gasteiger partial charge in [0.05, 0.1) is 22.9 Å². The molecule has 1 saturated heterocycles. The smallest absolute Gasteiger partial charge is 0.248 e. The summed E-state index contributed by atoms with van der Waals surface area (Å²) >= 11 is 0.